The van der Waals surface area contributed by atoms with E-state index in [-0.39, 0.29) is 6.10 Å². The Balaban J connectivity index is 1.97. The molecule has 1 saturated heterocycles. The molecule has 2 rings (SSSR count). The molecule has 0 bridgehead atoms. The van der Waals surface area contributed by atoms with Crippen molar-refractivity contribution in [2.45, 2.75) is 39.7 Å². The van der Waals surface area contributed by atoms with Gasteiger partial charge in [0, 0.05) is 18.8 Å². The fraction of sp³-hybridized carbons (Fsp3) is 0.625. The lowest BCUT2D eigenvalue weighted by molar-refractivity contribution is 0.199. The fourth-order valence-electron chi connectivity index (χ4n) is 2.79. The van der Waals surface area contributed by atoms with Gasteiger partial charge in [-0.2, -0.15) is 0 Å². The predicted molar refractivity (Wildman–Crippen MR) is 76.9 cm³/mol. The zero-order chi connectivity index (χ0) is 13.1. The average molecular weight is 247 g/mol. The summed E-state index contributed by atoms with van der Waals surface area (Å²) in [4.78, 5) is 2.46. The lowest BCUT2D eigenvalue weighted by Crippen LogP contribution is -2.35. The van der Waals surface area contributed by atoms with E-state index in [2.05, 4.69) is 30.9 Å². The Morgan fingerprint density at radius 1 is 1.06 bits per heavy atom. The van der Waals surface area contributed by atoms with Gasteiger partial charge in [0.1, 0.15) is 0 Å². The Morgan fingerprint density at radius 2 is 1.61 bits per heavy atom. The van der Waals surface area contributed by atoms with E-state index < -0.39 is 0 Å². The molecule has 1 aromatic rings. The lowest BCUT2D eigenvalue weighted by Gasteiger charge is -2.35. The van der Waals surface area contributed by atoms with Crippen molar-refractivity contribution in [1.29, 1.82) is 0 Å². The first-order valence-corrected chi connectivity index (χ1v) is 7.11. The summed E-state index contributed by atoms with van der Waals surface area (Å²) in [5.41, 5.74) is 2.29. The molecule has 0 radical (unpaired) electrons. The number of hydrogen-bond acceptors (Lipinski definition) is 2. The first-order chi connectivity index (χ1) is 8.58. The van der Waals surface area contributed by atoms with Gasteiger partial charge in [-0.15, -0.1) is 0 Å². The van der Waals surface area contributed by atoms with Crippen LogP contribution in [0.4, 0.5) is 5.69 Å². The molecule has 2 nitrogen and oxygen atoms in total. The van der Waals surface area contributed by atoms with Crippen LogP contribution in [-0.2, 0) is 0 Å². The average Bonchev–Trinajstić information content (AvgIpc) is 2.39. The number of hydrogen-bond donors (Lipinski definition) is 1. The second-order valence-corrected chi connectivity index (χ2v) is 5.84. The molecule has 1 aliphatic heterocycles. The second-order valence-electron chi connectivity index (χ2n) is 5.84. The molecule has 1 atom stereocenters. The third kappa shape index (κ3) is 3.05. The summed E-state index contributed by atoms with van der Waals surface area (Å²) in [6.07, 6.45) is 2.23. The molecular weight excluding hydrogens is 222 g/mol. The van der Waals surface area contributed by atoms with Crippen molar-refractivity contribution in [3.8, 4) is 0 Å². The molecule has 18 heavy (non-hydrogen) atoms. The predicted octanol–water partition coefficient (Wildman–Crippen LogP) is 3.61. The number of aliphatic hydroxyl groups excluding tert-OH is 1. The summed E-state index contributed by atoms with van der Waals surface area (Å²) >= 11 is 0. The lowest BCUT2D eigenvalue weighted by atomic mass is 9.86. The van der Waals surface area contributed by atoms with Gasteiger partial charge in [0.15, 0.2) is 0 Å². The monoisotopic (exact) mass is 247 g/mol. The minimum atomic E-state index is -0.370. The van der Waals surface area contributed by atoms with Gasteiger partial charge < -0.3 is 10.0 Å². The van der Waals surface area contributed by atoms with Gasteiger partial charge >= 0.3 is 0 Å². The highest BCUT2D eigenvalue weighted by Crippen LogP contribution is 2.28. The number of rotatable bonds is 3. The highest BCUT2D eigenvalue weighted by Gasteiger charge is 2.21. The fourth-order valence-corrected chi connectivity index (χ4v) is 2.79. The Bertz CT molecular complexity index is 361. The van der Waals surface area contributed by atoms with Gasteiger partial charge in [0.05, 0.1) is 6.10 Å². The van der Waals surface area contributed by atoms with E-state index in [4.69, 9.17) is 0 Å². The van der Waals surface area contributed by atoms with Crippen molar-refractivity contribution in [2.24, 2.45) is 11.8 Å². The summed E-state index contributed by atoms with van der Waals surface area (Å²) in [5.74, 6) is 1.70. The SMILES string of the molecule is CC(O)c1ccc(N2CCC(C(C)C)CC2)cc1. The molecule has 0 aliphatic carbocycles. The van der Waals surface area contributed by atoms with Gasteiger partial charge in [-0.25, -0.2) is 0 Å². The van der Waals surface area contributed by atoms with E-state index in [0.717, 1.165) is 30.5 Å². The van der Waals surface area contributed by atoms with E-state index in [9.17, 15) is 5.11 Å². The number of piperidine rings is 1. The molecule has 1 aliphatic rings. The van der Waals surface area contributed by atoms with E-state index in [1.54, 1.807) is 0 Å². The Morgan fingerprint density at radius 3 is 2.06 bits per heavy atom. The van der Waals surface area contributed by atoms with Crippen LogP contribution in [-0.4, -0.2) is 18.2 Å². The van der Waals surface area contributed by atoms with Crippen molar-refractivity contribution in [3.63, 3.8) is 0 Å². The molecule has 1 N–H and O–H groups in total. The molecule has 1 aromatic carbocycles. The summed E-state index contributed by atoms with van der Waals surface area (Å²) in [6, 6.07) is 8.35. The van der Waals surface area contributed by atoms with Crippen LogP contribution in [0.1, 0.15) is 45.3 Å². The summed E-state index contributed by atoms with van der Waals surface area (Å²) < 4.78 is 0. The van der Waals surface area contributed by atoms with Crippen LogP contribution in [0, 0.1) is 11.8 Å². The molecule has 1 heterocycles. The van der Waals surface area contributed by atoms with Crippen LogP contribution >= 0.6 is 0 Å². The third-order valence-corrected chi connectivity index (χ3v) is 4.22. The zero-order valence-corrected chi connectivity index (χ0v) is 11.8. The molecule has 2 heteroatoms. The van der Waals surface area contributed by atoms with Crippen LogP contribution in [0.15, 0.2) is 24.3 Å². The number of anilines is 1. The Kier molecular flexibility index (Phi) is 4.28. The highest BCUT2D eigenvalue weighted by molar-refractivity contribution is 5.48. The minimum absolute atomic E-state index is 0.370. The van der Waals surface area contributed by atoms with Crippen LogP contribution in [0.2, 0.25) is 0 Å². The summed E-state index contributed by atoms with van der Waals surface area (Å²) in [5, 5.41) is 9.51. The third-order valence-electron chi connectivity index (χ3n) is 4.22. The van der Waals surface area contributed by atoms with Gasteiger partial charge in [-0.05, 0) is 49.3 Å². The van der Waals surface area contributed by atoms with Crippen molar-refractivity contribution < 1.29 is 5.11 Å². The second kappa shape index (κ2) is 5.75. The van der Waals surface area contributed by atoms with Crippen LogP contribution < -0.4 is 4.90 Å². The summed E-state index contributed by atoms with van der Waals surface area (Å²) in [7, 11) is 0. The topological polar surface area (TPSA) is 23.5 Å². The maximum Gasteiger partial charge on any atom is 0.0761 e. The van der Waals surface area contributed by atoms with Crippen molar-refractivity contribution >= 4 is 5.69 Å². The maximum absolute atomic E-state index is 9.51. The standard InChI is InChI=1S/C16H25NO/c1-12(2)14-8-10-17(11-9-14)16-6-4-15(5-7-16)13(3)18/h4-7,12-14,18H,8-11H2,1-3H3. The molecule has 1 unspecified atom stereocenters. The van der Waals surface area contributed by atoms with Crippen LogP contribution in [0.3, 0.4) is 0 Å². The van der Waals surface area contributed by atoms with E-state index in [0.29, 0.717) is 0 Å². The number of aliphatic hydroxyl groups is 1. The molecular formula is C16H25NO. The van der Waals surface area contributed by atoms with Gasteiger partial charge in [0.25, 0.3) is 0 Å². The molecule has 1 fully saturated rings. The Labute approximate surface area is 111 Å². The molecule has 0 saturated carbocycles. The van der Waals surface area contributed by atoms with Gasteiger partial charge in [-0.1, -0.05) is 26.0 Å². The van der Waals surface area contributed by atoms with Crippen molar-refractivity contribution in [3.05, 3.63) is 29.8 Å². The van der Waals surface area contributed by atoms with E-state index >= 15 is 0 Å². The van der Waals surface area contributed by atoms with Crippen LogP contribution in [0.5, 0.6) is 0 Å². The number of nitrogens with zero attached hydrogens (tertiary/aromatic N) is 1. The zero-order valence-electron chi connectivity index (χ0n) is 11.8. The summed E-state index contributed by atoms with van der Waals surface area (Å²) in [6.45, 7) is 8.80. The normalized spacial score (nSPS) is 19.3. The largest absolute Gasteiger partial charge is 0.389 e. The first kappa shape index (κ1) is 13.4. The quantitative estimate of drug-likeness (QED) is 0.882. The molecule has 0 spiro atoms. The Hall–Kier alpha value is -1.02. The number of benzene rings is 1. The molecule has 100 valence electrons. The first-order valence-electron chi connectivity index (χ1n) is 7.11. The van der Waals surface area contributed by atoms with E-state index in [1.165, 1.54) is 18.5 Å². The smallest absolute Gasteiger partial charge is 0.0761 e. The van der Waals surface area contributed by atoms with Crippen LogP contribution in [0.25, 0.3) is 0 Å². The minimum Gasteiger partial charge on any atom is -0.389 e. The van der Waals surface area contributed by atoms with Gasteiger partial charge in [-0.3, -0.25) is 0 Å². The van der Waals surface area contributed by atoms with Crippen molar-refractivity contribution in [1.82, 2.24) is 0 Å². The maximum atomic E-state index is 9.51. The molecule has 0 amide bonds. The van der Waals surface area contributed by atoms with Crippen molar-refractivity contribution in [2.75, 3.05) is 18.0 Å². The van der Waals surface area contributed by atoms with Gasteiger partial charge in [0.2, 0.25) is 0 Å². The highest BCUT2D eigenvalue weighted by atomic mass is 16.3. The molecule has 0 aromatic heterocycles. The van der Waals surface area contributed by atoms with E-state index in [1.807, 2.05) is 19.1 Å².